The maximum Gasteiger partial charge on any atom is 1.00 e. The first-order valence-electron chi connectivity index (χ1n) is 3.18. The van der Waals surface area contributed by atoms with Gasteiger partial charge in [-0.25, -0.2) is 13.6 Å². The van der Waals surface area contributed by atoms with Gasteiger partial charge in [-0.3, -0.25) is 10.1 Å². The fraction of sp³-hybridized carbons (Fsp3) is 0. The Hall–Kier alpha value is -0.470. The van der Waals surface area contributed by atoms with E-state index in [0.717, 1.165) is 6.07 Å². The summed E-state index contributed by atoms with van der Waals surface area (Å²) in [6.07, 6.45) is 0. The molecule has 6 nitrogen and oxygen atoms in total. The van der Waals surface area contributed by atoms with Crippen molar-refractivity contribution in [2.45, 2.75) is 4.90 Å². The Labute approximate surface area is 103 Å². The summed E-state index contributed by atoms with van der Waals surface area (Å²) in [6, 6.07) is 4.56. The molecule has 0 saturated heterocycles. The standard InChI is InChI=1S/C6H6N2O4S.Na/c7-13(11,12)6-3-1-2-5(4-6)8(9)10;/h1-4H,(H2,7,11,12);/q;+1. The fourth-order valence-corrected chi connectivity index (χ4v) is 1.33. The number of rotatable bonds is 2. The van der Waals surface area contributed by atoms with Crippen molar-refractivity contribution >= 4 is 15.7 Å². The predicted octanol–water partition coefficient (Wildman–Crippen LogP) is -2.75. The van der Waals surface area contributed by atoms with Crippen LogP contribution in [0, 0.1) is 10.1 Å². The van der Waals surface area contributed by atoms with Crippen LogP contribution in [0.3, 0.4) is 0 Å². The van der Waals surface area contributed by atoms with Crippen molar-refractivity contribution in [1.82, 2.24) is 0 Å². The van der Waals surface area contributed by atoms with Crippen molar-refractivity contribution in [3.05, 3.63) is 34.4 Å². The van der Waals surface area contributed by atoms with Gasteiger partial charge < -0.3 is 0 Å². The largest absolute Gasteiger partial charge is 1.00 e. The van der Waals surface area contributed by atoms with Crippen molar-refractivity contribution in [3.8, 4) is 0 Å². The third-order valence-electron chi connectivity index (χ3n) is 1.36. The number of nitro benzene ring substituents is 1. The summed E-state index contributed by atoms with van der Waals surface area (Å²) in [5.74, 6) is 0. The topological polar surface area (TPSA) is 103 Å². The van der Waals surface area contributed by atoms with E-state index in [2.05, 4.69) is 0 Å². The van der Waals surface area contributed by atoms with E-state index in [9.17, 15) is 18.5 Å². The second-order valence-corrected chi connectivity index (χ2v) is 3.86. The summed E-state index contributed by atoms with van der Waals surface area (Å²) in [5.41, 5.74) is -0.300. The normalized spacial score (nSPS) is 10.4. The molecule has 0 atom stereocenters. The van der Waals surface area contributed by atoms with Gasteiger partial charge in [0.05, 0.1) is 9.82 Å². The molecule has 0 aliphatic heterocycles. The minimum absolute atomic E-state index is 0. The number of nitro groups is 1. The van der Waals surface area contributed by atoms with Crippen LogP contribution in [-0.2, 0) is 10.0 Å². The van der Waals surface area contributed by atoms with Crippen molar-refractivity contribution in [2.24, 2.45) is 5.14 Å². The Kier molecular flexibility index (Phi) is 4.69. The molecule has 0 unspecified atom stereocenters. The Balaban J connectivity index is 0.00000169. The number of hydrogen-bond donors (Lipinski definition) is 1. The van der Waals surface area contributed by atoms with E-state index in [1.807, 2.05) is 0 Å². The molecule has 0 saturated carbocycles. The average molecular weight is 225 g/mol. The van der Waals surface area contributed by atoms with E-state index in [0.29, 0.717) is 0 Å². The van der Waals surface area contributed by atoms with Crippen LogP contribution >= 0.6 is 0 Å². The Bertz CT molecular complexity index is 445. The van der Waals surface area contributed by atoms with Gasteiger partial charge in [0, 0.05) is 12.1 Å². The third-order valence-corrected chi connectivity index (χ3v) is 2.27. The molecular weight excluding hydrogens is 219 g/mol. The molecular formula is C6H6N2NaO4S+. The molecule has 1 aromatic carbocycles. The summed E-state index contributed by atoms with van der Waals surface area (Å²) in [5, 5.41) is 15.0. The van der Waals surface area contributed by atoms with Gasteiger partial charge in [0.2, 0.25) is 10.0 Å². The molecule has 1 rings (SSSR count). The Morgan fingerprint density at radius 2 is 1.93 bits per heavy atom. The first kappa shape index (κ1) is 13.5. The first-order valence-corrected chi connectivity index (χ1v) is 4.73. The summed E-state index contributed by atoms with van der Waals surface area (Å²) >= 11 is 0. The van der Waals surface area contributed by atoms with Gasteiger partial charge in [0.25, 0.3) is 5.69 Å². The summed E-state index contributed by atoms with van der Waals surface area (Å²) in [6.45, 7) is 0. The quantitative estimate of drug-likeness (QED) is 0.334. The van der Waals surface area contributed by atoms with Gasteiger partial charge in [0.15, 0.2) is 0 Å². The zero-order valence-corrected chi connectivity index (χ0v) is 10.2. The van der Waals surface area contributed by atoms with Gasteiger partial charge in [-0.1, -0.05) is 6.07 Å². The molecule has 0 fully saturated rings. The van der Waals surface area contributed by atoms with Crippen LogP contribution in [-0.4, -0.2) is 13.3 Å². The number of benzene rings is 1. The van der Waals surface area contributed by atoms with Crippen LogP contribution in [0.1, 0.15) is 0 Å². The van der Waals surface area contributed by atoms with Gasteiger partial charge in [-0.2, -0.15) is 0 Å². The zero-order valence-electron chi connectivity index (χ0n) is 7.38. The van der Waals surface area contributed by atoms with Crippen molar-refractivity contribution in [1.29, 1.82) is 0 Å². The van der Waals surface area contributed by atoms with E-state index in [4.69, 9.17) is 5.14 Å². The van der Waals surface area contributed by atoms with E-state index in [1.165, 1.54) is 18.2 Å². The molecule has 14 heavy (non-hydrogen) atoms. The van der Waals surface area contributed by atoms with Gasteiger partial charge in [-0.05, 0) is 6.07 Å². The van der Waals surface area contributed by atoms with Crippen LogP contribution in [0.25, 0.3) is 0 Å². The summed E-state index contributed by atoms with van der Waals surface area (Å²) in [7, 11) is -3.86. The second-order valence-electron chi connectivity index (χ2n) is 2.30. The number of primary sulfonamides is 1. The first-order chi connectivity index (χ1) is 5.91. The van der Waals surface area contributed by atoms with Gasteiger partial charge >= 0.3 is 29.6 Å². The summed E-state index contributed by atoms with van der Waals surface area (Å²) < 4.78 is 21.5. The SMILES string of the molecule is NS(=O)(=O)c1cccc([N+](=O)[O-])c1.[Na+]. The minimum atomic E-state index is -3.86. The number of sulfonamides is 1. The maximum atomic E-state index is 10.8. The molecule has 2 N–H and O–H groups in total. The molecule has 0 aromatic heterocycles. The van der Waals surface area contributed by atoms with Crippen LogP contribution in [0.5, 0.6) is 0 Å². The molecule has 0 heterocycles. The van der Waals surface area contributed by atoms with Crippen LogP contribution in [0.2, 0.25) is 0 Å². The van der Waals surface area contributed by atoms with Crippen molar-refractivity contribution < 1.29 is 42.9 Å². The van der Waals surface area contributed by atoms with Crippen molar-refractivity contribution in [3.63, 3.8) is 0 Å². The number of hydrogen-bond acceptors (Lipinski definition) is 4. The van der Waals surface area contributed by atoms with Crippen LogP contribution < -0.4 is 34.7 Å². The van der Waals surface area contributed by atoms with Crippen molar-refractivity contribution in [2.75, 3.05) is 0 Å². The number of non-ortho nitro benzene ring substituents is 1. The number of nitrogens with two attached hydrogens (primary N) is 1. The second kappa shape index (κ2) is 4.85. The van der Waals surface area contributed by atoms with Crippen LogP contribution in [0.15, 0.2) is 29.2 Å². The molecule has 70 valence electrons. The molecule has 0 radical (unpaired) electrons. The van der Waals surface area contributed by atoms with Gasteiger partial charge in [-0.15, -0.1) is 0 Å². The Morgan fingerprint density at radius 3 is 2.36 bits per heavy atom. The molecule has 0 spiro atoms. The smallest absolute Gasteiger partial charge is 0.258 e. The van der Waals surface area contributed by atoms with E-state index in [1.54, 1.807) is 0 Å². The summed E-state index contributed by atoms with van der Waals surface area (Å²) in [4.78, 5) is 9.30. The third kappa shape index (κ3) is 3.35. The molecule has 0 aliphatic carbocycles. The monoisotopic (exact) mass is 225 g/mol. The molecule has 1 aromatic rings. The maximum absolute atomic E-state index is 10.8. The Morgan fingerprint density at radius 1 is 1.36 bits per heavy atom. The molecule has 0 amide bonds. The molecule has 0 bridgehead atoms. The van der Waals surface area contributed by atoms with E-state index < -0.39 is 14.9 Å². The van der Waals surface area contributed by atoms with E-state index in [-0.39, 0.29) is 40.1 Å². The average Bonchev–Trinajstić information content (AvgIpc) is 2.03. The predicted molar refractivity (Wildman–Crippen MR) is 44.5 cm³/mol. The van der Waals surface area contributed by atoms with Gasteiger partial charge in [0.1, 0.15) is 0 Å². The van der Waals surface area contributed by atoms with E-state index >= 15 is 0 Å². The van der Waals surface area contributed by atoms with Crippen LogP contribution in [0.4, 0.5) is 5.69 Å². The number of nitrogens with zero attached hydrogens (tertiary/aromatic N) is 1. The molecule has 8 heteroatoms. The zero-order chi connectivity index (χ0) is 10.1. The fourth-order valence-electron chi connectivity index (χ4n) is 0.774. The minimum Gasteiger partial charge on any atom is -0.258 e. The molecule has 0 aliphatic rings.